The van der Waals surface area contributed by atoms with E-state index in [2.05, 4.69) is 50.3 Å². The van der Waals surface area contributed by atoms with Crippen LogP contribution in [-0.4, -0.2) is 82.1 Å². The van der Waals surface area contributed by atoms with E-state index in [0.29, 0.717) is 11.4 Å². The zero-order chi connectivity index (χ0) is 34.5. The van der Waals surface area contributed by atoms with Crippen LogP contribution in [0.2, 0.25) is 0 Å². The number of esters is 1. The summed E-state index contributed by atoms with van der Waals surface area (Å²) in [6.07, 6.45) is 3.80. The number of H-pyrrole nitrogens is 2. The lowest BCUT2D eigenvalue weighted by Crippen LogP contribution is -2.42. The van der Waals surface area contributed by atoms with Gasteiger partial charge < -0.3 is 19.8 Å². The number of rotatable bonds is 3. The molecule has 8 nitrogen and oxygen atoms in total. The fourth-order valence-electron chi connectivity index (χ4n) is 6.53. The molecule has 0 spiro atoms. The van der Waals surface area contributed by atoms with Gasteiger partial charge in [-0.05, 0) is 99.2 Å². The summed E-state index contributed by atoms with van der Waals surface area (Å²) in [6, 6.07) is 7.99. The summed E-state index contributed by atoms with van der Waals surface area (Å²) >= 11 is 0. The summed E-state index contributed by atoms with van der Waals surface area (Å²) in [4.78, 5) is 42.9. The molecule has 6 rings (SSSR count). The van der Waals surface area contributed by atoms with Gasteiger partial charge in [0.25, 0.3) is 0 Å². The summed E-state index contributed by atoms with van der Waals surface area (Å²) in [7, 11) is 15.5. The van der Waals surface area contributed by atoms with Crippen LogP contribution in [0.4, 0.5) is 0 Å². The number of ether oxygens (including phenoxy) is 1. The lowest BCUT2D eigenvalue weighted by atomic mass is 9.08. The molecule has 3 aliphatic rings. The number of carboxylic acid groups (broad SMARTS) is 1. The molecule has 9 radical (unpaired) electrons. The minimum atomic E-state index is -1.25. The van der Waals surface area contributed by atoms with E-state index in [0.717, 1.165) is 72.4 Å². The Hall–Kier alpha value is -4.66. The first-order chi connectivity index (χ1) is 22.1. The van der Waals surface area contributed by atoms with Gasteiger partial charge in [0.05, 0.1) is 40.9 Å². The quantitative estimate of drug-likeness (QED) is 0.248. The van der Waals surface area contributed by atoms with Crippen LogP contribution in [-0.2, 0) is 19.7 Å². The number of aromatic amines is 2. The first kappa shape index (κ1) is 38.8. The molecule has 3 N–H and O–H groups in total. The van der Waals surface area contributed by atoms with Crippen LogP contribution in [0.5, 0.6) is 0 Å². The van der Waals surface area contributed by atoms with Crippen molar-refractivity contribution in [2.45, 2.75) is 54.4 Å². The summed E-state index contributed by atoms with van der Waals surface area (Å²) in [5.41, 5.74) is 12.2. The van der Waals surface area contributed by atoms with Crippen LogP contribution >= 0.6 is 0 Å². The van der Waals surface area contributed by atoms with E-state index in [-0.39, 0.29) is 22.8 Å². The van der Waals surface area contributed by atoms with E-state index in [1.54, 1.807) is 12.2 Å². The Morgan fingerprint density at radius 2 is 1.39 bits per heavy atom. The highest BCUT2D eigenvalue weighted by Crippen LogP contribution is 2.52. The van der Waals surface area contributed by atoms with Crippen molar-refractivity contribution in [3.8, 4) is 0 Å². The molecule has 0 aromatic carbocycles. The van der Waals surface area contributed by atoms with Gasteiger partial charge in [0.2, 0.25) is 0 Å². The van der Waals surface area contributed by atoms with Crippen molar-refractivity contribution in [2.75, 3.05) is 7.11 Å². The van der Waals surface area contributed by atoms with Gasteiger partial charge in [0, 0.05) is 37.5 Å². The number of hydrogen-bond acceptors (Lipinski definition) is 5. The van der Waals surface area contributed by atoms with Crippen LogP contribution in [0.25, 0.3) is 44.9 Å². The number of nitrogens with one attached hydrogen (secondary N) is 2. The molecular formula is C36H41B5N4O4-. The van der Waals surface area contributed by atoms with E-state index in [1.165, 1.54) is 13.2 Å². The number of carbonyl (C=O) groups excluding carboxylic acids is 1. The maximum Gasteiger partial charge on any atom is 0.332 e. The molecule has 245 valence electrons. The second-order valence-corrected chi connectivity index (χ2v) is 12.4. The van der Waals surface area contributed by atoms with Crippen LogP contribution in [0.1, 0.15) is 74.7 Å². The number of methoxy groups -OCH3 is 1. The molecule has 0 saturated heterocycles. The molecule has 2 atom stereocenters. The van der Waals surface area contributed by atoms with E-state index in [1.807, 2.05) is 32.0 Å². The highest BCUT2D eigenvalue weighted by atomic mass is 16.5. The third kappa shape index (κ3) is 6.55. The van der Waals surface area contributed by atoms with E-state index in [4.69, 9.17) is 37.9 Å². The predicted octanol–water partition coefficient (Wildman–Crippen LogP) is 5.70. The lowest BCUT2D eigenvalue weighted by Gasteiger charge is -2.36. The molecule has 0 amide bonds. The number of aliphatic carboxylic acids is 1. The van der Waals surface area contributed by atoms with Gasteiger partial charge in [0.1, 0.15) is 5.92 Å². The van der Waals surface area contributed by atoms with E-state index >= 15 is 0 Å². The normalized spacial score (nSPS) is 17.8. The Balaban J connectivity index is 0.00000118. The van der Waals surface area contributed by atoms with Crippen molar-refractivity contribution in [3.05, 3.63) is 93.6 Å². The Morgan fingerprint density at radius 1 is 0.898 bits per heavy atom. The van der Waals surface area contributed by atoms with Crippen LogP contribution in [0.3, 0.4) is 0 Å². The number of allylic oxidation sites excluding steroid dienone is 5. The fraction of sp³-hybridized carbons (Fsp3) is 0.278. The SMILES string of the molecule is C.C=Cc1c(C)c2cc3nc(cc4[nH]c(cc5nc(cc1[nH]2)C1(C)C5=CC=C(C(=O)O)C1C(=O)OC)c(C)c4C)C(C)=C3C.[2HH].[B].[B][BH-]([B])[B]. The van der Waals surface area contributed by atoms with Crippen LogP contribution in [0.15, 0.2) is 48.6 Å². The van der Waals surface area contributed by atoms with Gasteiger partial charge in [-0.25, -0.2) is 33.0 Å². The first-order valence-electron chi connectivity index (χ1n) is 15.4. The maximum atomic E-state index is 13.3. The van der Waals surface area contributed by atoms with Gasteiger partial charge in [0.15, 0.2) is 0 Å². The zero-order valence-corrected chi connectivity index (χ0v) is 28.4. The molecule has 49 heavy (non-hydrogen) atoms. The second-order valence-electron chi connectivity index (χ2n) is 12.4. The number of carboxylic acids is 1. The Bertz CT molecular complexity index is 2130. The highest BCUT2D eigenvalue weighted by Gasteiger charge is 2.53. The van der Waals surface area contributed by atoms with Crippen molar-refractivity contribution < 1.29 is 20.9 Å². The summed E-state index contributed by atoms with van der Waals surface area (Å²) in [5, 5.41) is 10.1. The number of hydrogen-bond donors (Lipinski definition) is 3. The number of carbonyl (C=O) groups is 2. The molecular weight excluding hydrogens is 606 g/mol. The molecule has 2 unspecified atom stereocenters. The zero-order valence-electron chi connectivity index (χ0n) is 28.4. The molecule has 1 aliphatic carbocycles. The number of aromatic nitrogens is 4. The minimum absolute atomic E-state index is 0. The summed E-state index contributed by atoms with van der Waals surface area (Å²) in [5.74, 6) is -2.92. The molecule has 3 aromatic rings. The molecule has 8 bridgehead atoms. The highest BCUT2D eigenvalue weighted by molar-refractivity contribution is 7.49. The third-order valence-electron chi connectivity index (χ3n) is 9.52. The fourth-order valence-corrected chi connectivity index (χ4v) is 6.53. The predicted molar refractivity (Wildman–Crippen MR) is 209 cm³/mol. The monoisotopic (exact) mass is 649 g/mol. The lowest BCUT2D eigenvalue weighted by molar-refractivity contribution is -0.148. The Kier molecular flexibility index (Phi) is 11.4. The maximum absolute atomic E-state index is 13.3. The number of aryl methyl sites for hydroxylation is 3. The number of nitrogens with zero attached hydrogens (tertiary/aromatic N) is 2. The molecule has 0 saturated carbocycles. The molecule has 2 aliphatic heterocycles. The average Bonchev–Trinajstić information content (AvgIpc) is 3.64. The molecule has 3 aromatic heterocycles. The van der Waals surface area contributed by atoms with Crippen molar-refractivity contribution in [1.29, 1.82) is 0 Å². The van der Waals surface area contributed by atoms with E-state index in [9.17, 15) is 14.7 Å². The van der Waals surface area contributed by atoms with Gasteiger partial charge in [-0.3, -0.25) is 9.78 Å². The van der Waals surface area contributed by atoms with Crippen molar-refractivity contribution in [3.63, 3.8) is 0 Å². The van der Waals surface area contributed by atoms with Crippen LogP contribution < -0.4 is 0 Å². The Labute approximate surface area is 296 Å². The Morgan fingerprint density at radius 3 is 1.88 bits per heavy atom. The number of fused-ring (bicyclic) bond motifs is 11. The van der Waals surface area contributed by atoms with Crippen molar-refractivity contribution in [1.82, 2.24) is 19.9 Å². The smallest absolute Gasteiger partial charge is 0.332 e. The van der Waals surface area contributed by atoms with E-state index < -0.39 is 29.7 Å². The third-order valence-corrected chi connectivity index (χ3v) is 9.52. The standard InChI is InChI=1S/C35H34N4O4.CH4.B4H.B.H2/c1-9-21-20(6)28-13-26-17(3)16(2)24(36-26)12-25-18(4)19(5)27(37-25)14-30-23-11-10-22(33(40)41)32(34(42)43-8)35(23,7)31(39-30)15-29(21)38-28;;1-4(2)3;;/h9-15,32,37-38H,1H2,2-8H3,(H,40,41);1H4;4H;;1H/q;;-1;;/i;;;;1+1. The van der Waals surface area contributed by atoms with Crippen molar-refractivity contribution >= 4 is 94.8 Å². The van der Waals surface area contributed by atoms with Gasteiger partial charge in [-0.1, -0.05) is 32.2 Å². The molecule has 13 heteroatoms. The molecule has 5 heterocycles. The minimum Gasteiger partial charge on any atom is -0.478 e. The summed E-state index contributed by atoms with van der Waals surface area (Å²) < 4.78 is 5.18. The molecule has 0 fully saturated rings. The van der Waals surface area contributed by atoms with Crippen molar-refractivity contribution in [2.24, 2.45) is 5.92 Å². The van der Waals surface area contributed by atoms with Crippen LogP contribution in [0, 0.1) is 26.7 Å². The van der Waals surface area contributed by atoms with Gasteiger partial charge in [-0.2, -0.15) is 0 Å². The topological polar surface area (TPSA) is 121 Å². The first-order valence-corrected chi connectivity index (χ1v) is 15.4. The average molecular weight is 649 g/mol. The van der Waals surface area contributed by atoms with Gasteiger partial charge in [-0.15, -0.1) is 6.39 Å². The largest absolute Gasteiger partial charge is 0.478 e. The summed E-state index contributed by atoms with van der Waals surface area (Å²) in [6.45, 7) is 16.2. The second kappa shape index (κ2) is 14.4. The van der Waals surface area contributed by atoms with Gasteiger partial charge >= 0.3 is 11.9 Å².